The molecule has 0 aliphatic carbocycles. The third-order valence-electron chi connectivity index (χ3n) is 3.09. The normalized spacial score (nSPS) is 20.1. The fraction of sp³-hybridized carbons (Fsp3) is 0.500. The molecule has 1 saturated heterocycles. The average molecular weight is 219 g/mol. The van der Waals surface area contributed by atoms with E-state index in [1.54, 1.807) is 12.3 Å². The molecule has 1 amide bonds. The number of likely N-dealkylation sites (tertiary alicyclic amines) is 1. The van der Waals surface area contributed by atoms with E-state index in [1.807, 2.05) is 11.0 Å². The molecule has 1 fully saturated rings. The molecule has 2 rings (SSSR count). The molecule has 2 heterocycles. The molecular formula is C12H17N3O. The van der Waals surface area contributed by atoms with Crippen LogP contribution in [0.4, 0.5) is 0 Å². The number of nitrogens with zero attached hydrogens (tertiary/aromatic N) is 2. The van der Waals surface area contributed by atoms with Gasteiger partial charge >= 0.3 is 0 Å². The molecule has 86 valence electrons. The smallest absolute Gasteiger partial charge is 0.272 e. The van der Waals surface area contributed by atoms with Crippen LogP contribution in [0.15, 0.2) is 18.3 Å². The number of carbonyl (C=O) groups is 1. The molecular weight excluding hydrogens is 202 g/mol. The van der Waals surface area contributed by atoms with Crippen LogP contribution in [0.1, 0.15) is 35.8 Å². The predicted octanol–water partition coefficient (Wildman–Crippen LogP) is 1.16. The van der Waals surface area contributed by atoms with Crippen LogP contribution < -0.4 is 5.73 Å². The lowest BCUT2D eigenvalue weighted by Gasteiger charge is -2.20. The van der Waals surface area contributed by atoms with Gasteiger partial charge in [0.15, 0.2) is 0 Å². The Kier molecular flexibility index (Phi) is 3.19. The van der Waals surface area contributed by atoms with Crippen LogP contribution in [-0.4, -0.2) is 28.4 Å². The standard InChI is InChI=1S/C12H17N3O/c1-9-3-2-6-15(9)12(16)11-5-4-10(7-13)8-14-11/h4-5,8-9H,2-3,6-7,13H2,1H3. The molecule has 4 nitrogen and oxygen atoms in total. The van der Waals surface area contributed by atoms with E-state index < -0.39 is 0 Å². The minimum Gasteiger partial charge on any atom is -0.335 e. The summed E-state index contributed by atoms with van der Waals surface area (Å²) in [6.45, 7) is 3.39. The van der Waals surface area contributed by atoms with Gasteiger partial charge in [0.05, 0.1) is 0 Å². The molecule has 0 saturated carbocycles. The summed E-state index contributed by atoms with van der Waals surface area (Å²) in [4.78, 5) is 18.1. The van der Waals surface area contributed by atoms with Gasteiger partial charge in [-0.3, -0.25) is 9.78 Å². The van der Waals surface area contributed by atoms with Gasteiger partial charge in [-0.1, -0.05) is 6.07 Å². The van der Waals surface area contributed by atoms with E-state index in [2.05, 4.69) is 11.9 Å². The zero-order chi connectivity index (χ0) is 11.5. The Morgan fingerprint density at radius 3 is 2.94 bits per heavy atom. The fourth-order valence-corrected chi connectivity index (χ4v) is 2.05. The van der Waals surface area contributed by atoms with Gasteiger partial charge in [0, 0.05) is 25.3 Å². The lowest BCUT2D eigenvalue weighted by Crippen LogP contribution is -2.34. The quantitative estimate of drug-likeness (QED) is 0.812. The number of hydrogen-bond acceptors (Lipinski definition) is 3. The first-order valence-electron chi connectivity index (χ1n) is 5.68. The van der Waals surface area contributed by atoms with Gasteiger partial charge in [0.2, 0.25) is 0 Å². The summed E-state index contributed by atoms with van der Waals surface area (Å²) in [5.41, 5.74) is 6.95. The molecule has 0 bridgehead atoms. The second kappa shape index (κ2) is 4.61. The first-order valence-corrected chi connectivity index (χ1v) is 5.68. The van der Waals surface area contributed by atoms with Crippen molar-refractivity contribution in [3.05, 3.63) is 29.6 Å². The molecule has 0 aromatic carbocycles. The Morgan fingerprint density at radius 2 is 2.44 bits per heavy atom. The number of hydrogen-bond donors (Lipinski definition) is 1. The summed E-state index contributed by atoms with van der Waals surface area (Å²) >= 11 is 0. The van der Waals surface area contributed by atoms with Crippen molar-refractivity contribution in [3.63, 3.8) is 0 Å². The van der Waals surface area contributed by atoms with E-state index in [0.29, 0.717) is 18.3 Å². The molecule has 2 N–H and O–H groups in total. The highest BCUT2D eigenvalue weighted by Crippen LogP contribution is 2.18. The molecule has 1 aliphatic rings. The maximum absolute atomic E-state index is 12.1. The van der Waals surface area contributed by atoms with Crippen LogP contribution in [0, 0.1) is 0 Å². The fourth-order valence-electron chi connectivity index (χ4n) is 2.05. The van der Waals surface area contributed by atoms with Crippen LogP contribution in [0.3, 0.4) is 0 Å². The van der Waals surface area contributed by atoms with E-state index >= 15 is 0 Å². The minimum absolute atomic E-state index is 0.0357. The van der Waals surface area contributed by atoms with Gasteiger partial charge < -0.3 is 10.6 Å². The van der Waals surface area contributed by atoms with Crippen molar-refractivity contribution in [1.82, 2.24) is 9.88 Å². The van der Waals surface area contributed by atoms with Gasteiger partial charge in [-0.2, -0.15) is 0 Å². The number of amides is 1. The monoisotopic (exact) mass is 219 g/mol. The van der Waals surface area contributed by atoms with Crippen molar-refractivity contribution in [2.24, 2.45) is 5.73 Å². The van der Waals surface area contributed by atoms with Crippen molar-refractivity contribution in [3.8, 4) is 0 Å². The maximum atomic E-state index is 12.1. The molecule has 1 aromatic heterocycles. The second-order valence-electron chi connectivity index (χ2n) is 4.25. The first kappa shape index (κ1) is 11.1. The molecule has 0 spiro atoms. The summed E-state index contributed by atoms with van der Waals surface area (Å²) in [7, 11) is 0. The van der Waals surface area contributed by atoms with Gasteiger partial charge in [-0.05, 0) is 31.4 Å². The first-order chi connectivity index (χ1) is 7.72. The summed E-state index contributed by atoms with van der Waals surface area (Å²) < 4.78 is 0. The molecule has 0 radical (unpaired) electrons. The molecule has 1 aromatic rings. The summed E-state index contributed by atoms with van der Waals surface area (Å²) in [6, 6.07) is 3.96. The molecule has 1 aliphatic heterocycles. The van der Waals surface area contributed by atoms with Gasteiger partial charge in [-0.25, -0.2) is 0 Å². The van der Waals surface area contributed by atoms with Crippen molar-refractivity contribution >= 4 is 5.91 Å². The highest BCUT2D eigenvalue weighted by atomic mass is 16.2. The van der Waals surface area contributed by atoms with Crippen LogP contribution in [0.5, 0.6) is 0 Å². The topological polar surface area (TPSA) is 59.2 Å². The number of nitrogens with two attached hydrogens (primary N) is 1. The average Bonchev–Trinajstić information content (AvgIpc) is 2.75. The number of rotatable bonds is 2. The zero-order valence-corrected chi connectivity index (χ0v) is 9.52. The van der Waals surface area contributed by atoms with Crippen LogP contribution in [-0.2, 0) is 6.54 Å². The third-order valence-corrected chi connectivity index (χ3v) is 3.09. The summed E-state index contributed by atoms with van der Waals surface area (Å²) in [5.74, 6) is 0.0357. The van der Waals surface area contributed by atoms with Gasteiger partial charge in [-0.15, -0.1) is 0 Å². The van der Waals surface area contributed by atoms with E-state index in [1.165, 1.54) is 0 Å². The van der Waals surface area contributed by atoms with Crippen LogP contribution >= 0.6 is 0 Å². The number of carbonyl (C=O) groups excluding carboxylic acids is 1. The van der Waals surface area contributed by atoms with E-state index in [9.17, 15) is 4.79 Å². The summed E-state index contributed by atoms with van der Waals surface area (Å²) in [5, 5.41) is 0. The van der Waals surface area contributed by atoms with Crippen LogP contribution in [0.2, 0.25) is 0 Å². The maximum Gasteiger partial charge on any atom is 0.272 e. The largest absolute Gasteiger partial charge is 0.335 e. The number of aromatic nitrogens is 1. The highest BCUT2D eigenvalue weighted by molar-refractivity contribution is 5.92. The zero-order valence-electron chi connectivity index (χ0n) is 9.52. The molecule has 1 unspecified atom stereocenters. The molecule has 1 atom stereocenters. The van der Waals surface area contributed by atoms with Crippen molar-refractivity contribution in [2.75, 3.05) is 6.54 Å². The molecule has 4 heteroatoms. The highest BCUT2D eigenvalue weighted by Gasteiger charge is 2.26. The second-order valence-corrected chi connectivity index (χ2v) is 4.25. The lowest BCUT2D eigenvalue weighted by molar-refractivity contribution is 0.0741. The summed E-state index contributed by atoms with van der Waals surface area (Å²) in [6.07, 6.45) is 3.86. The van der Waals surface area contributed by atoms with Crippen molar-refractivity contribution < 1.29 is 4.79 Å². The Labute approximate surface area is 95.5 Å². The van der Waals surface area contributed by atoms with Gasteiger partial charge in [0.25, 0.3) is 5.91 Å². The van der Waals surface area contributed by atoms with E-state index in [0.717, 1.165) is 24.9 Å². The van der Waals surface area contributed by atoms with Crippen molar-refractivity contribution in [1.29, 1.82) is 0 Å². The molecule has 16 heavy (non-hydrogen) atoms. The van der Waals surface area contributed by atoms with Crippen LogP contribution in [0.25, 0.3) is 0 Å². The number of pyridine rings is 1. The third kappa shape index (κ3) is 2.07. The SMILES string of the molecule is CC1CCCN1C(=O)c1ccc(CN)cn1. The Hall–Kier alpha value is -1.42. The Balaban J connectivity index is 2.14. The lowest BCUT2D eigenvalue weighted by atomic mass is 10.2. The van der Waals surface area contributed by atoms with E-state index in [4.69, 9.17) is 5.73 Å². The Morgan fingerprint density at radius 1 is 1.62 bits per heavy atom. The minimum atomic E-state index is 0.0357. The van der Waals surface area contributed by atoms with Gasteiger partial charge in [0.1, 0.15) is 5.69 Å². The predicted molar refractivity (Wildman–Crippen MR) is 61.9 cm³/mol. The van der Waals surface area contributed by atoms with Crippen molar-refractivity contribution in [2.45, 2.75) is 32.4 Å². The Bertz CT molecular complexity index is 374. The van der Waals surface area contributed by atoms with E-state index in [-0.39, 0.29) is 5.91 Å².